The molecule has 0 atom stereocenters. The molecule has 0 saturated carbocycles. The number of thiophene rings is 1. The van der Waals surface area contributed by atoms with Crippen LogP contribution in [-0.4, -0.2) is 83.6 Å². The molecule has 6 rings (SSSR count). The van der Waals surface area contributed by atoms with Crippen LogP contribution in [0.1, 0.15) is 34.1 Å². The summed E-state index contributed by atoms with van der Waals surface area (Å²) in [7, 11) is 1.51. The number of aryl methyl sites for hydroxylation is 1. The molecule has 0 unspecified atom stereocenters. The van der Waals surface area contributed by atoms with Gasteiger partial charge in [-0.05, 0) is 53.9 Å². The zero-order valence-corrected chi connectivity index (χ0v) is 29.3. The molecule has 6 aromatic rings. The van der Waals surface area contributed by atoms with Gasteiger partial charge in [0.15, 0.2) is 11.6 Å². The van der Waals surface area contributed by atoms with Crippen molar-refractivity contribution < 1.29 is 18.4 Å². The number of aromatic amines is 1. The van der Waals surface area contributed by atoms with Crippen LogP contribution in [-0.2, 0) is 19.5 Å². The average Bonchev–Trinajstić information content (AvgIpc) is 3.68. The Morgan fingerprint density at radius 2 is 1.74 bits per heavy atom. The second-order valence-electron chi connectivity index (χ2n) is 10.4. The molecule has 3 aromatic carbocycles. The fraction of sp³-hybridized carbons (Fsp3) is 0.182. The Balaban J connectivity index is 0.00000417. The normalized spacial score (nSPS) is 11.0. The smallest absolute Gasteiger partial charge is 0.439 e. The Kier molecular flexibility index (Phi) is 10.5. The van der Waals surface area contributed by atoms with Gasteiger partial charge in [-0.25, -0.2) is 14.0 Å². The van der Waals surface area contributed by atoms with Gasteiger partial charge in [0.05, 0.1) is 25.6 Å². The van der Waals surface area contributed by atoms with Crippen LogP contribution >= 0.6 is 11.3 Å². The fourth-order valence-electron chi connectivity index (χ4n) is 5.21. The van der Waals surface area contributed by atoms with Crippen molar-refractivity contribution in [3.8, 4) is 28.3 Å². The molecule has 10 nitrogen and oxygen atoms in total. The molecule has 46 heavy (non-hydrogen) atoms. The summed E-state index contributed by atoms with van der Waals surface area (Å²) in [4.78, 5) is 55.9. The molecule has 0 bridgehead atoms. The third-order valence-corrected chi connectivity index (χ3v) is 8.69. The number of rotatable bonds is 10. The quantitative estimate of drug-likeness (QED) is 0.163. The zero-order chi connectivity index (χ0) is 31.7. The molecule has 13 heteroatoms. The van der Waals surface area contributed by atoms with Gasteiger partial charge in [0.2, 0.25) is 0 Å². The van der Waals surface area contributed by atoms with Crippen molar-refractivity contribution in [2.75, 3.05) is 7.11 Å². The van der Waals surface area contributed by atoms with Gasteiger partial charge in [0, 0.05) is 73.0 Å². The SMILES string of the molecule is CCCc1cc2c(=O)n(CC(=O)c3ccc(OC)cc3)c(=O)n(Cc3ccc(-c4ccccc4-c4noc(=O)[nH]4)cc3F)c2s1.[K]. The van der Waals surface area contributed by atoms with Crippen LogP contribution in [0, 0.1) is 5.82 Å². The second-order valence-corrected chi connectivity index (χ2v) is 11.5. The summed E-state index contributed by atoms with van der Waals surface area (Å²) in [5.41, 5.74) is 0.941. The standard InChI is InChI=1S/C33H27FN4O6S.K/c1-3-6-23-16-26-30(40)37(18-28(39)19-11-13-22(43-2)14-12-19)33(42)38(31(26)45-23)17-21-10-9-20(15-27(21)34)24-7-4-5-8-25(24)29-35-32(41)44-36-29;/h4-5,7-16H,3,6,17-18H2,1-2H3,(H,35,36,41);. The van der Waals surface area contributed by atoms with E-state index in [4.69, 9.17) is 4.74 Å². The van der Waals surface area contributed by atoms with Crippen LogP contribution < -0.4 is 21.7 Å². The van der Waals surface area contributed by atoms with Crippen molar-refractivity contribution in [2.45, 2.75) is 32.9 Å². The van der Waals surface area contributed by atoms with Crippen molar-refractivity contribution >= 4 is 78.7 Å². The van der Waals surface area contributed by atoms with Crippen molar-refractivity contribution in [3.05, 3.63) is 126 Å². The predicted molar refractivity (Wildman–Crippen MR) is 174 cm³/mol. The van der Waals surface area contributed by atoms with Crippen molar-refractivity contribution in [1.82, 2.24) is 19.3 Å². The Hall–Kier alpha value is -3.72. The minimum absolute atomic E-state index is 0. The van der Waals surface area contributed by atoms with E-state index in [1.165, 1.54) is 29.1 Å². The minimum atomic E-state index is -0.708. The molecule has 0 aliphatic carbocycles. The van der Waals surface area contributed by atoms with Gasteiger partial charge >= 0.3 is 11.4 Å². The number of hydrogen-bond donors (Lipinski definition) is 1. The number of ketones is 1. The monoisotopic (exact) mass is 665 g/mol. The molecule has 0 aliphatic heterocycles. The number of nitrogens with one attached hydrogen (secondary N) is 1. The number of halogens is 1. The van der Waals surface area contributed by atoms with Crippen LogP contribution in [0.4, 0.5) is 4.39 Å². The van der Waals surface area contributed by atoms with E-state index in [9.17, 15) is 19.2 Å². The van der Waals surface area contributed by atoms with Gasteiger partial charge in [-0.1, -0.05) is 54.9 Å². The van der Waals surface area contributed by atoms with E-state index in [1.54, 1.807) is 66.7 Å². The first-order valence-electron chi connectivity index (χ1n) is 14.1. The van der Waals surface area contributed by atoms with Gasteiger partial charge in [-0.2, -0.15) is 0 Å². The van der Waals surface area contributed by atoms with Crippen LogP contribution in [0.15, 0.2) is 91.7 Å². The fourth-order valence-corrected chi connectivity index (χ4v) is 6.45. The zero-order valence-electron chi connectivity index (χ0n) is 25.3. The Morgan fingerprint density at radius 3 is 2.39 bits per heavy atom. The first-order chi connectivity index (χ1) is 21.8. The van der Waals surface area contributed by atoms with Crippen molar-refractivity contribution in [3.63, 3.8) is 0 Å². The van der Waals surface area contributed by atoms with E-state index in [0.717, 1.165) is 15.9 Å². The third-order valence-electron chi connectivity index (χ3n) is 7.47. The molecule has 0 spiro atoms. The topological polar surface area (TPSA) is 129 Å². The van der Waals surface area contributed by atoms with E-state index in [1.807, 2.05) is 6.92 Å². The summed E-state index contributed by atoms with van der Waals surface area (Å²) in [6.45, 7) is 1.38. The van der Waals surface area contributed by atoms with Crippen LogP contribution in [0.2, 0.25) is 0 Å². The van der Waals surface area contributed by atoms with E-state index in [0.29, 0.717) is 44.6 Å². The largest absolute Gasteiger partial charge is 0.497 e. The number of methoxy groups -OCH3 is 1. The van der Waals surface area contributed by atoms with Gasteiger partial charge in [0.1, 0.15) is 16.4 Å². The molecule has 3 heterocycles. The number of carbonyl (C=O) groups excluding carboxylic acids is 1. The first kappa shape index (κ1) is 33.6. The molecule has 229 valence electrons. The summed E-state index contributed by atoms with van der Waals surface area (Å²) in [5.74, 6) is -0.927. The molecule has 1 radical (unpaired) electrons. The third kappa shape index (κ3) is 6.70. The number of Topliss-reactive ketones (excluding diaryl/α,β-unsaturated/α-hetero) is 1. The number of nitrogens with zero attached hydrogens (tertiary/aromatic N) is 3. The van der Waals surface area contributed by atoms with E-state index in [-0.39, 0.29) is 69.3 Å². The number of hydrogen-bond acceptors (Lipinski definition) is 8. The van der Waals surface area contributed by atoms with E-state index < -0.39 is 35.2 Å². The maximum Gasteiger partial charge on any atom is 0.439 e. The Morgan fingerprint density at radius 1 is 1.00 bits per heavy atom. The molecule has 0 saturated heterocycles. The Bertz CT molecular complexity index is 2230. The molecule has 0 amide bonds. The van der Waals surface area contributed by atoms with E-state index >= 15 is 4.39 Å². The number of carbonyl (C=O) groups is 1. The molecule has 1 N–H and O–H groups in total. The number of ether oxygens (including phenoxy) is 1. The van der Waals surface area contributed by atoms with Gasteiger partial charge in [0.25, 0.3) is 5.56 Å². The number of H-pyrrole nitrogens is 1. The number of benzene rings is 3. The summed E-state index contributed by atoms with van der Waals surface area (Å²) in [6.07, 6.45) is 1.54. The van der Waals surface area contributed by atoms with Crippen molar-refractivity contribution in [2.24, 2.45) is 0 Å². The first-order valence-corrected chi connectivity index (χ1v) is 15.0. The van der Waals surface area contributed by atoms with Crippen molar-refractivity contribution in [1.29, 1.82) is 0 Å². The minimum Gasteiger partial charge on any atom is -0.497 e. The average molecular weight is 666 g/mol. The second kappa shape index (κ2) is 14.4. The molecule has 0 fully saturated rings. The molecule has 3 aromatic heterocycles. The predicted octanol–water partition coefficient (Wildman–Crippen LogP) is 4.89. The Labute approximate surface area is 307 Å². The molecular weight excluding hydrogens is 639 g/mol. The van der Waals surface area contributed by atoms with E-state index in [2.05, 4.69) is 14.7 Å². The van der Waals surface area contributed by atoms with Crippen LogP contribution in [0.5, 0.6) is 5.75 Å². The van der Waals surface area contributed by atoms with Crippen LogP contribution in [0.3, 0.4) is 0 Å². The van der Waals surface area contributed by atoms with Gasteiger partial charge < -0.3 is 4.74 Å². The number of aromatic nitrogens is 4. The van der Waals surface area contributed by atoms with Gasteiger partial charge in [-0.15, -0.1) is 11.3 Å². The number of fused-ring (bicyclic) bond motifs is 1. The van der Waals surface area contributed by atoms with Crippen LogP contribution in [0.25, 0.3) is 32.7 Å². The molecule has 0 aliphatic rings. The summed E-state index contributed by atoms with van der Waals surface area (Å²) in [5, 5.41) is 4.06. The molecular formula is C33H27FKN4O6S. The summed E-state index contributed by atoms with van der Waals surface area (Å²) < 4.78 is 27.8. The summed E-state index contributed by atoms with van der Waals surface area (Å²) in [6, 6.07) is 19.8. The van der Waals surface area contributed by atoms with Gasteiger partial charge in [-0.3, -0.25) is 28.2 Å². The maximum atomic E-state index is 15.8. The summed E-state index contributed by atoms with van der Waals surface area (Å²) >= 11 is 1.32. The maximum absolute atomic E-state index is 15.8.